The fraction of sp³-hybridized carbons (Fsp3) is 0.259. The van der Waals surface area contributed by atoms with E-state index < -0.39 is 0 Å². The van der Waals surface area contributed by atoms with E-state index in [-0.39, 0.29) is 30.4 Å². The Hall–Kier alpha value is -3.80. The van der Waals surface area contributed by atoms with Crippen molar-refractivity contribution in [3.63, 3.8) is 0 Å². The number of nitrogens with one attached hydrogen (secondary N) is 2. The first-order chi connectivity index (χ1) is 16.1. The Morgan fingerprint density at radius 1 is 0.818 bits per heavy atom. The van der Waals surface area contributed by atoms with Crippen LogP contribution >= 0.6 is 0 Å². The van der Waals surface area contributed by atoms with Crippen LogP contribution in [0.5, 0.6) is 0 Å². The van der Waals surface area contributed by atoms with Gasteiger partial charge in [0.2, 0.25) is 5.91 Å². The van der Waals surface area contributed by atoms with Gasteiger partial charge in [-0.25, -0.2) is 0 Å². The summed E-state index contributed by atoms with van der Waals surface area (Å²) in [4.78, 5) is 41.6. The van der Waals surface area contributed by atoms with Crippen molar-refractivity contribution in [1.29, 1.82) is 0 Å². The molecule has 33 heavy (non-hydrogen) atoms. The van der Waals surface area contributed by atoms with Gasteiger partial charge in [-0.3, -0.25) is 19.4 Å². The maximum absolute atomic E-state index is 12.6. The second-order valence-corrected chi connectivity index (χ2v) is 8.25. The minimum atomic E-state index is -0.257. The van der Waals surface area contributed by atoms with E-state index in [9.17, 15) is 14.4 Å². The largest absolute Gasteiger partial charge is 0.346 e. The van der Waals surface area contributed by atoms with Crippen LogP contribution in [0.2, 0.25) is 0 Å². The first-order valence-electron chi connectivity index (χ1n) is 11.3. The highest BCUT2D eigenvalue weighted by Gasteiger charge is 2.14. The number of aromatic nitrogens is 1. The highest BCUT2D eigenvalue weighted by atomic mass is 16.2. The van der Waals surface area contributed by atoms with Gasteiger partial charge < -0.3 is 10.6 Å². The van der Waals surface area contributed by atoms with Crippen LogP contribution < -0.4 is 10.6 Å². The van der Waals surface area contributed by atoms with Crippen LogP contribution in [0, 0.1) is 0 Å². The van der Waals surface area contributed by atoms with Gasteiger partial charge in [0.15, 0.2) is 5.78 Å². The summed E-state index contributed by atoms with van der Waals surface area (Å²) in [7, 11) is 0. The van der Waals surface area contributed by atoms with Crippen LogP contribution in [0.3, 0.4) is 0 Å². The summed E-state index contributed by atoms with van der Waals surface area (Å²) in [5.74, 6) is -0.534. The molecule has 1 aromatic heterocycles. The Kier molecular flexibility index (Phi) is 7.25. The minimum Gasteiger partial charge on any atom is -0.346 e. The number of benzene rings is 2. The fourth-order valence-corrected chi connectivity index (χ4v) is 4.02. The smallest absolute Gasteiger partial charge is 0.251 e. The quantitative estimate of drug-likeness (QED) is 0.504. The van der Waals surface area contributed by atoms with Crippen LogP contribution in [0.25, 0.3) is 0 Å². The molecule has 1 heterocycles. The van der Waals surface area contributed by atoms with Crippen molar-refractivity contribution in [2.45, 2.75) is 45.1 Å². The standard InChI is InChI=1S/C27H27N3O3/c31-25(21-12-11-19-6-1-2-7-20(19)16-21)13-14-26(32)30-23-10-5-8-22(17-23)27(33)29-18-24-9-3-4-15-28-24/h3-5,8-12,15-17H,1-2,6-7,13-14,18H2,(H,29,33)(H,30,32). The number of aryl methyl sites for hydroxylation is 2. The zero-order chi connectivity index (χ0) is 23.0. The monoisotopic (exact) mass is 441 g/mol. The zero-order valence-electron chi connectivity index (χ0n) is 18.5. The maximum atomic E-state index is 12.6. The van der Waals surface area contributed by atoms with Crippen molar-refractivity contribution in [2.75, 3.05) is 5.32 Å². The van der Waals surface area contributed by atoms with Crippen molar-refractivity contribution < 1.29 is 14.4 Å². The lowest BCUT2D eigenvalue weighted by Crippen LogP contribution is -2.23. The lowest BCUT2D eigenvalue weighted by Gasteiger charge is -2.16. The summed E-state index contributed by atoms with van der Waals surface area (Å²) >= 11 is 0. The molecule has 6 heteroatoms. The second-order valence-electron chi connectivity index (χ2n) is 8.25. The number of fused-ring (bicyclic) bond motifs is 1. The third-order valence-corrected chi connectivity index (χ3v) is 5.81. The number of anilines is 1. The Labute approximate surface area is 193 Å². The molecule has 0 atom stereocenters. The summed E-state index contributed by atoms with van der Waals surface area (Å²) in [6.07, 6.45) is 6.37. The van der Waals surface area contributed by atoms with E-state index in [0.717, 1.165) is 25.0 Å². The molecule has 1 aliphatic carbocycles. The summed E-state index contributed by atoms with van der Waals surface area (Å²) in [5, 5.41) is 5.60. The summed E-state index contributed by atoms with van der Waals surface area (Å²) < 4.78 is 0. The van der Waals surface area contributed by atoms with E-state index >= 15 is 0 Å². The van der Waals surface area contributed by atoms with Crippen molar-refractivity contribution in [3.8, 4) is 0 Å². The molecule has 2 aromatic carbocycles. The van der Waals surface area contributed by atoms with Crippen molar-refractivity contribution in [3.05, 3.63) is 94.8 Å². The molecule has 1 aliphatic rings. The van der Waals surface area contributed by atoms with Crippen molar-refractivity contribution in [1.82, 2.24) is 10.3 Å². The number of carbonyl (C=O) groups excluding carboxylic acids is 3. The number of Topliss-reactive ketones (excluding diaryl/α,β-unsaturated/α-hetero) is 1. The Morgan fingerprint density at radius 3 is 2.48 bits per heavy atom. The molecule has 0 fully saturated rings. The molecule has 0 aliphatic heterocycles. The Morgan fingerprint density at radius 2 is 1.67 bits per heavy atom. The van der Waals surface area contributed by atoms with Gasteiger partial charge in [0.25, 0.3) is 5.91 Å². The van der Waals surface area contributed by atoms with Gasteiger partial charge in [-0.2, -0.15) is 0 Å². The minimum absolute atomic E-state index is 0.0267. The molecule has 2 N–H and O–H groups in total. The molecule has 2 amide bonds. The first kappa shape index (κ1) is 22.4. The number of hydrogen-bond acceptors (Lipinski definition) is 4. The van der Waals surface area contributed by atoms with Crippen LogP contribution in [-0.4, -0.2) is 22.6 Å². The lowest BCUT2D eigenvalue weighted by molar-refractivity contribution is -0.116. The Balaban J connectivity index is 1.28. The molecule has 0 radical (unpaired) electrons. The Bertz CT molecular complexity index is 1160. The highest BCUT2D eigenvalue weighted by molar-refractivity contribution is 6.01. The van der Waals surface area contributed by atoms with E-state index in [1.807, 2.05) is 36.4 Å². The first-order valence-corrected chi connectivity index (χ1v) is 11.3. The molecule has 0 unspecified atom stereocenters. The second kappa shape index (κ2) is 10.7. The summed E-state index contributed by atoms with van der Waals surface area (Å²) in [6, 6.07) is 18.2. The number of nitrogens with zero attached hydrogens (tertiary/aromatic N) is 1. The predicted molar refractivity (Wildman–Crippen MR) is 127 cm³/mol. The van der Waals surface area contributed by atoms with Gasteiger partial charge in [0.1, 0.15) is 0 Å². The number of amides is 2. The van der Waals surface area contributed by atoms with Crippen LogP contribution in [0.1, 0.15) is 63.2 Å². The molecule has 6 nitrogen and oxygen atoms in total. The van der Waals surface area contributed by atoms with E-state index in [2.05, 4.69) is 15.6 Å². The molecule has 0 saturated carbocycles. The fourth-order valence-electron chi connectivity index (χ4n) is 4.02. The molecule has 3 aromatic rings. The van der Waals surface area contributed by atoms with Crippen LogP contribution in [0.4, 0.5) is 5.69 Å². The number of ketones is 1. The number of carbonyl (C=O) groups is 3. The zero-order valence-corrected chi connectivity index (χ0v) is 18.5. The third-order valence-electron chi connectivity index (χ3n) is 5.81. The van der Waals surface area contributed by atoms with Gasteiger partial charge in [-0.05, 0) is 73.2 Å². The molecule has 4 rings (SSSR count). The number of hydrogen-bond donors (Lipinski definition) is 2. The van der Waals surface area contributed by atoms with E-state index in [4.69, 9.17) is 0 Å². The molecule has 0 spiro atoms. The summed E-state index contributed by atoms with van der Waals surface area (Å²) in [6.45, 7) is 0.321. The van der Waals surface area contributed by atoms with Gasteiger partial charge >= 0.3 is 0 Å². The topological polar surface area (TPSA) is 88.2 Å². The van der Waals surface area contributed by atoms with Crippen molar-refractivity contribution >= 4 is 23.3 Å². The third kappa shape index (κ3) is 6.13. The van der Waals surface area contributed by atoms with Crippen LogP contribution in [0.15, 0.2) is 66.9 Å². The predicted octanol–water partition coefficient (Wildman–Crippen LogP) is 4.49. The SMILES string of the molecule is O=C(CCC(=O)c1ccc2c(c1)CCCC2)Nc1cccc(C(=O)NCc2ccccn2)c1. The molecule has 168 valence electrons. The van der Waals surface area contributed by atoms with Gasteiger partial charge in [-0.15, -0.1) is 0 Å². The molecule has 0 bridgehead atoms. The number of rotatable bonds is 8. The lowest BCUT2D eigenvalue weighted by atomic mass is 9.89. The van der Waals surface area contributed by atoms with E-state index in [1.54, 1.807) is 30.5 Å². The van der Waals surface area contributed by atoms with Gasteiger partial charge in [-0.1, -0.05) is 24.3 Å². The van der Waals surface area contributed by atoms with Gasteiger partial charge in [0.05, 0.1) is 12.2 Å². The molecular weight excluding hydrogens is 414 g/mol. The number of pyridine rings is 1. The maximum Gasteiger partial charge on any atom is 0.251 e. The van der Waals surface area contributed by atoms with Crippen molar-refractivity contribution in [2.24, 2.45) is 0 Å². The molecule has 0 saturated heterocycles. The van der Waals surface area contributed by atoms with E-state index in [1.165, 1.54) is 17.5 Å². The average molecular weight is 442 g/mol. The average Bonchev–Trinajstić information content (AvgIpc) is 2.86. The molecular formula is C27H27N3O3. The highest BCUT2D eigenvalue weighted by Crippen LogP contribution is 2.23. The van der Waals surface area contributed by atoms with E-state index in [0.29, 0.717) is 23.4 Å². The van der Waals surface area contributed by atoms with Gasteiger partial charge in [0, 0.05) is 35.9 Å². The van der Waals surface area contributed by atoms with Crippen LogP contribution in [-0.2, 0) is 24.2 Å². The normalized spacial score (nSPS) is 12.5. The summed E-state index contributed by atoms with van der Waals surface area (Å²) in [5.41, 5.74) is 4.99.